The second-order valence-electron chi connectivity index (χ2n) is 5.28. The van der Waals surface area contributed by atoms with Gasteiger partial charge in [0.15, 0.2) is 0 Å². The summed E-state index contributed by atoms with van der Waals surface area (Å²) in [5, 5.41) is 1.74. The lowest BCUT2D eigenvalue weighted by molar-refractivity contribution is 0.152. The lowest BCUT2D eigenvalue weighted by atomic mass is 10.1. The van der Waals surface area contributed by atoms with Crippen molar-refractivity contribution in [3.8, 4) is 0 Å². The Bertz CT molecular complexity index is 440. The molecule has 19 heavy (non-hydrogen) atoms. The minimum absolute atomic E-state index is 0.329. The Hall–Kier alpha value is -1.59. The molecular formula is C14H23N5. The molecule has 1 aromatic heterocycles. The molecule has 1 unspecified atom stereocenters. The fourth-order valence-corrected chi connectivity index (χ4v) is 2.36. The van der Waals surface area contributed by atoms with Gasteiger partial charge in [-0.3, -0.25) is 4.98 Å². The summed E-state index contributed by atoms with van der Waals surface area (Å²) in [5.41, 5.74) is 8.62. The number of pyridine rings is 1. The molecule has 1 atom stereocenters. The van der Waals surface area contributed by atoms with E-state index >= 15 is 0 Å². The zero-order valence-electron chi connectivity index (χ0n) is 11.7. The molecule has 0 radical (unpaired) electrons. The normalized spacial score (nSPS) is 21.4. The molecule has 1 fully saturated rings. The minimum Gasteiger partial charge on any atom is -0.397 e. The predicted molar refractivity (Wildman–Crippen MR) is 77.7 cm³/mol. The highest BCUT2D eigenvalue weighted by Crippen LogP contribution is 2.15. The number of nitrogens with two attached hydrogens (primary N) is 2. The Balaban J connectivity index is 2.04. The molecule has 0 spiro atoms. The van der Waals surface area contributed by atoms with Crippen molar-refractivity contribution in [2.45, 2.75) is 25.8 Å². The molecule has 2 heterocycles. The van der Waals surface area contributed by atoms with E-state index in [9.17, 15) is 0 Å². The number of likely N-dealkylation sites (N-methyl/N-ethyl adjacent to an activating group) is 1. The standard InChI is InChI=1S/C14H23N5/c1-11-5-6-12(8-17-11)14(15)10-19(16)13-4-3-7-18(2)9-13/h5-6,8,10,13H,3-4,7,9,15-16H2,1-2H3/b14-10-. The smallest absolute Gasteiger partial charge is 0.0579 e. The van der Waals surface area contributed by atoms with Crippen LogP contribution >= 0.6 is 0 Å². The third-order valence-electron chi connectivity index (χ3n) is 3.55. The Kier molecular flexibility index (Phi) is 4.39. The molecule has 1 aromatic rings. The number of hydrogen-bond donors (Lipinski definition) is 2. The summed E-state index contributed by atoms with van der Waals surface area (Å²) < 4.78 is 0. The third kappa shape index (κ3) is 3.68. The quantitative estimate of drug-likeness (QED) is 0.625. The van der Waals surface area contributed by atoms with Crippen molar-refractivity contribution < 1.29 is 0 Å². The monoisotopic (exact) mass is 261 g/mol. The molecule has 5 heteroatoms. The van der Waals surface area contributed by atoms with Crippen LogP contribution in [0.2, 0.25) is 0 Å². The molecule has 0 aliphatic carbocycles. The molecule has 1 aliphatic rings. The number of nitrogens with zero attached hydrogens (tertiary/aromatic N) is 3. The SMILES string of the molecule is Cc1ccc(/C(N)=C/N(N)C2CCCN(C)C2)cn1. The number of rotatable bonds is 3. The zero-order chi connectivity index (χ0) is 13.8. The summed E-state index contributed by atoms with van der Waals surface area (Å²) >= 11 is 0. The van der Waals surface area contributed by atoms with Gasteiger partial charge >= 0.3 is 0 Å². The Morgan fingerprint density at radius 3 is 2.95 bits per heavy atom. The second kappa shape index (κ2) is 6.04. The largest absolute Gasteiger partial charge is 0.397 e. The number of piperidine rings is 1. The predicted octanol–water partition coefficient (Wildman–Crippen LogP) is 0.917. The van der Waals surface area contributed by atoms with E-state index in [1.807, 2.05) is 25.3 Å². The van der Waals surface area contributed by atoms with Crippen LogP contribution in [0.3, 0.4) is 0 Å². The summed E-state index contributed by atoms with van der Waals surface area (Å²) in [4.78, 5) is 6.54. The molecule has 104 valence electrons. The van der Waals surface area contributed by atoms with Crippen LogP contribution < -0.4 is 11.6 Å². The van der Waals surface area contributed by atoms with Crippen LogP contribution in [0.1, 0.15) is 24.1 Å². The molecule has 2 rings (SSSR count). The first-order chi connectivity index (χ1) is 9.06. The number of aryl methyl sites for hydroxylation is 1. The lowest BCUT2D eigenvalue weighted by Gasteiger charge is -2.34. The van der Waals surface area contributed by atoms with Crippen molar-refractivity contribution in [2.75, 3.05) is 20.1 Å². The summed E-state index contributed by atoms with van der Waals surface area (Å²) in [6, 6.07) is 4.25. The number of hydrazine groups is 1. The van der Waals surface area contributed by atoms with Crippen LogP contribution in [0, 0.1) is 6.92 Å². The zero-order valence-corrected chi connectivity index (χ0v) is 11.7. The van der Waals surface area contributed by atoms with Crippen molar-refractivity contribution in [3.05, 3.63) is 35.8 Å². The van der Waals surface area contributed by atoms with Crippen molar-refractivity contribution in [1.82, 2.24) is 14.9 Å². The van der Waals surface area contributed by atoms with Gasteiger partial charge in [-0.15, -0.1) is 0 Å². The maximum atomic E-state index is 6.11. The second-order valence-corrected chi connectivity index (χ2v) is 5.28. The van der Waals surface area contributed by atoms with E-state index in [-0.39, 0.29) is 0 Å². The molecule has 1 saturated heterocycles. The van der Waals surface area contributed by atoms with E-state index in [0.29, 0.717) is 11.7 Å². The first kappa shape index (κ1) is 13.8. The van der Waals surface area contributed by atoms with Gasteiger partial charge in [0.2, 0.25) is 0 Å². The molecule has 4 N–H and O–H groups in total. The van der Waals surface area contributed by atoms with E-state index in [4.69, 9.17) is 11.6 Å². The van der Waals surface area contributed by atoms with Gasteiger partial charge < -0.3 is 15.6 Å². The van der Waals surface area contributed by atoms with Gasteiger partial charge in [0.05, 0.1) is 11.7 Å². The Labute approximate surface area is 114 Å². The van der Waals surface area contributed by atoms with E-state index in [0.717, 1.165) is 30.8 Å². The van der Waals surface area contributed by atoms with Crippen molar-refractivity contribution in [2.24, 2.45) is 11.6 Å². The van der Waals surface area contributed by atoms with E-state index in [2.05, 4.69) is 16.9 Å². The van der Waals surface area contributed by atoms with Gasteiger partial charge in [-0.1, -0.05) is 0 Å². The van der Waals surface area contributed by atoms with Gasteiger partial charge in [0.1, 0.15) is 0 Å². The summed E-state index contributed by atoms with van der Waals surface area (Å²) in [7, 11) is 2.12. The number of likely N-dealkylation sites (tertiary alicyclic amines) is 1. The highest BCUT2D eigenvalue weighted by atomic mass is 15.4. The van der Waals surface area contributed by atoms with Gasteiger partial charge in [-0.05, 0) is 45.5 Å². The first-order valence-corrected chi connectivity index (χ1v) is 6.68. The maximum Gasteiger partial charge on any atom is 0.0579 e. The fraction of sp³-hybridized carbons (Fsp3) is 0.500. The van der Waals surface area contributed by atoms with Gasteiger partial charge in [0, 0.05) is 30.2 Å². The molecular weight excluding hydrogens is 238 g/mol. The third-order valence-corrected chi connectivity index (χ3v) is 3.55. The van der Waals surface area contributed by atoms with Gasteiger partial charge in [0.25, 0.3) is 0 Å². The molecule has 5 nitrogen and oxygen atoms in total. The summed E-state index contributed by atoms with van der Waals surface area (Å²) in [6.07, 6.45) is 5.88. The van der Waals surface area contributed by atoms with Crippen LogP contribution in [0.4, 0.5) is 0 Å². The van der Waals surface area contributed by atoms with Crippen LogP contribution in [0.15, 0.2) is 24.5 Å². The van der Waals surface area contributed by atoms with Crippen LogP contribution in [-0.4, -0.2) is 41.1 Å². The number of hydrogen-bond acceptors (Lipinski definition) is 5. The topological polar surface area (TPSA) is 71.4 Å². The average molecular weight is 261 g/mol. The summed E-state index contributed by atoms with van der Waals surface area (Å²) in [5.74, 6) is 6.11. The number of aromatic nitrogens is 1. The van der Waals surface area contributed by atoms with Crippen LogP contribution in [0.5, 0.6) is 0 Å². The fourth-order valence-electron chi connectivity index (χ4n) is 2.36. The molecule has 0 aromatic carbocycles. The molecule has 0 amide bonds. The van der Waals surface area contributed by atoms with E-state index < -0.39 is 0 Å². The van der Waals surface area contributed by atoms with Crippen molar-refractivity contribution in [3.63, 3.8) is 0 Å². The van der Waals surface area contributed by atoms with E-state index in [1.54, 1.807) is 11.2 Å². The average Bonchev–Trinajstić information content (AvgIpc) is 2.39. The minimum atomic E-state index is 0.329. The molecule has 1 aliphatic heterocycles. The highest BCUT2D eigenvalue weighted by molar-refractivity contribution is 5.61. The first-order valence-electron chi connectivity index (χ1n) is 6.68. The molecule has 0 bridgehead atoms. The maximum absolute atomic E-state index is 6.11. The van der Waals surface area contributed by atoms with Crippen molar-refractivity contribution in [1.29, 1.82) is 0 Å². The molecule has 0 saturated carbocycles. The lowest BCUT2D eigenvalue weighted by Crippen LogP contribution is -2.47. The van der Waals surface area contributed by atoms with Gasteiger partial charge in [-0.2, -0.15) is 0 Å². The summed E-state index contributed by atoms with van der Waals surface area (Å²) in [6.45, 7) is 4.08. The van der Waals surface area contributed by atoms with Crippen molar-refractivity contribution >= 4 is 5.70 Å². The van der Waals surface area contributed by atoms with E-state index in [1.165, 1.54) is 6.42 Å². The highest BCUT2D eigenvalue weighted by Gasteiger charge is 2.20. The Morgan fingerprint density at radius 1 is 1.53 bits per heavy atom. The Morgan fingerprint density at radius 2 is 2.32 bits per heavy atom. The van der Waals surface area contributed by atoms with Crippen LogP contribution in [-0.2, 0) is 0 Å². The van der Waals surface area contributed by atoms with Gasteiger partial charge in [-0.25, -0.2) is 5.84 Å². The van der Waals surface area contributed by atoms with Crippen LogP contribution in [0.25, 0.3) is 5.70 Å².